The summed E-state index contributed by atoms with van der Waals surface area (Å²) < 4.78 is 23.2. The van der Waals surface area contributed by atoms with E-state index in [1.54, 1.807) is 60.7 Å². The number of rotatable bonds is 8. The first-order valence-electron chi connectivity index (χ1n) is 9.64. The van der Waals surface area contributed by atoms with Crippen LogP contribution in [-0.4, -0.2) is 42.7 Å². The molecular formula is C23H22N2O6S. The van der Waals surface area contributed by atoms with E-state index < -0.39 is 34.0 Å². The number of amides is 1. The molecule has 0 aliphatic carbocycles. The van der Waals surface area contributed by atoms with Crippen molar-refractivity contribution in [2.75, 3.05) is 0 Å². The molecule has 8 nitrogen and oxygen atoms in total. The van der Waals surface area contributed by atoms with Gasteiger partial charge >= 0.3 is 5.97 Å². The first kappa shape index (κ1) is 23.1. The van der Waals surface area contributed by atoms with Crippen molar-refractivity contribution >= 4 is 21.9 Å². The van der Waals surface area contributed by atoms with Crippen LogP contribution in [0.15, 0.2) is 83.8 Å². The van der Waals surface area contributed by atoms with Gasteiger partial charge in [-0.15, -0.1) is 0 Å². The maximum absolute atomic E-state index is 12.9. The molecule has 0 bridgehead atoms. The minimum atomic E-state index is -3.89. The molecule has 0 heterocycles. The Kier molecular flexibility index (Phi) is 7.04. The number of aliphatic carboxylic acids is 1. The zero-order chi connectivity index (χ0) is 23.3. The van der Waals surface area contributed by atoms with Gasteiger partial charge in [0.1, 0.15) is 0 Å². The van der Waals surface area contributed by atoms with E-state index in [4.69, 9.17) is 5.14 Å². The third kappa shape index (κ3) is 5.79. The number of hydrogen-bond acceptors (Lipinski definition) is 5. The molecule has 166 valence electrons. The van der Waals surface area contributed by atoms with Crippen LogP contribution >= 0.6 is 0 Å². The van der Waals surface area contributed by atoms with Crippen LogP contribution in [0.2, 0.25) is 0 Å². The number of carbonyl (C=O) groups is 2. The molecule has 2 unspecified atom stereocenters. The van der Waals surface area contributed by atoms with E-state index in [0.29, 0.717) is 11.1 Å². The van der Waals surface area contributed by atoms with Crippen LogP contribution in [0, 0.1) is 0 Å². The van der Waals surface area contributed by atoms with Crippen molar-refractivity contribution in [3.8, 4) is 11.1 Å². The number of carboxylic acid groups (broad SMARTS) is 1. The van der Waals surface area contributed by atoms with Crippen LogP contribution in [0.1, 0.15) is 15.9 Å². The van der Waals surface area contributed by atoms with E-state index in [0.717, 1.165) is 5.56 Å². The van der Waals surface area contributed by atoms with E-state index in [9.17, 15) is 28.2 Å². The predicted molar refractivity (Wildman–Crippen MR) is 118 cm³/mol. The minimum absolute atomic E-state index is 0.0580. The normalized spacial score (nSPS) is 13.2. The molecule has 0 aromatic heterocycles. The van der Waals surface area contributed by atoms with Crippen molar-refractivity contribution in [1.29, 1.82) is 0 Å². The van der Waals surface area contributed by atoms with Crippen LogP contribution in [0.25, 0.3) is 11.1 Å². The Morgan fingerprint density at radius 2 is 1.53 bits per heavy atom. The summed E-state index contributed by atoms with van der Waals surface area (Å²) in [6.07, 6.45) is -1.68. The number of nitrogens with one attached hydrogen (secondary N) is 1. The molecule has 0 fully saturated rings. The molecule has 3 rings (SSSR count). The molecule has 2 atom stereocenters. The standard InChI is InChI=1S/C23H22N2O6S/c24-32(30,31)19-11-5-9-17(14-19)16-8-4-10-18(13-16)22(27)25-20(21(26)23(28)29)12-15-6-2-1-3-7-15/h1-11,13-14,20-21,26H,12H2,(H,25,27)(H,28,29)(H2,24,30,31). The summed E-state index contributed by atoms with van der Waals surface area (Å²) in [5.74, 6) is -2.02. The fourth-order valence-electron chi connectivity index (χ4n) is 3.23. The summed E-state index contributed by atoms with van der Waals surface area (Å²) in [4.78, 5) is 24.1. The predicted octanol–water partition coefficient (Wildman–Crippen LogP) is 1.79. The highest BCUT2D eigenvalue weighted by atomic mass is 32.2. The van der Waals surface area contributed by atoms with Crippen molar-refractivity contribution in [3.63, 3.8) is 0 Å². The second-order valence-corrected chi connectivity index (χ2v) is 8.77. The van der Waals surface area contributed by atoms with Crippen molar-refractivity contribution in [3.05, 3.63) is 90.0 Å². The Bertz CT molecular complexity index is 1230. The van der Waals surface area contributed by atoms with Crippen molar-refractivity contribution < 1.29 is 28.2 Å². The number of carboxylic acids is 1. The zero-order valence-electron chi connectivity index (χ0n) is 16.9. The van der Waals surface area contributed by atoms with Crippen LogP contribution in [0.5, 0.6) is 0 Å². The van der Waals surface area contributed by atoms with E-state index >= 15 is 0 Å². The van der Waals surface area contributed by atoms with Crippen LogP contribution in [0.4, 0.5) is 0 Å². The van der Waals surface area contributed by atoms with Gasteiger partial charge in [-0.05, 0) is 47.4 Å². The van der Waals surface area contributed by atoms with Gasteiger partial charge in [-0.2, -0.15) is 0 Å². The Morgan fingerprint density at radius 1 is 0.906 bits per heavy atom. The lowest BCUT2D eigenvalue weighted by Crippen LogP contribution is -2.48. The molecule has 32 heavy (non-hydrogen) atoms. The van der Waals surface area contributed by atoms with Gasteiger partial charge in [0, 0.05) is 5.56 Å². The molecule has 0 radical (unpaired) electrons. The second kappa shape index (κ2) is 9.73. The molecular weight excluding hydrogens is 432 g/mol. The minimum Gasteiger partial charge on any atom is -0.479 e. The molecule has 5 N–H and O–H groups in total. The van der Waals surface area contributed by atoms with Crippen molar-refractivity contribution in [2.24, 2.45) is 5.14 Å². The van der Waals surface area contributed by atoms with Gasteiger partial charge in [0.05, 0.1) is 10.9 Å². The number of nitrogens with two attached hydrogens (primary N) is 1. The van der Waals surface area contributed by atoms with Crippen LogP contribution in [0.3, 0.4) is 0 Å². The highest BCUT2D eigenvalue weighted by Crippen LogP contribution is 2.23. The quantitative estimate of drug-likeness (QED) is 0.408. The average molecular weight is 455 g/mol. The first-order chi connectivity index (χ1) is 15.1. The van der Waals surface area contributed by atoms with Gasteiger partial charge in [0.15, 0.2) is 6.10 Å². The number of aliphatic hydroxyl groups is 1. The van der Waals surface area contributed by atoms with Crippen molar-refractivity contribution in [2.45, 2.75) is 23.5 Å². The Balaban J connectivity index is 1.86. The second-order valence-electron chi connectivity index (χ2n) is 7.21. The summed E-state index contributed by atoms with van der Waals surface area (Å²) in [7, 11) is -3.89. The molecule has 9 heteroatoms. The SMILES string of the molecule is NS(=O)(=O)c1cccc(-c2cccc(C(=O)NC(Cc3ccccc3)C(O)C(=O)O)c2)c1. The first-order valence-corrected chi connectivity index (χ1v) is 11.2. The average Bonchev–Trinajstić information content (AvgIpc) is 2.78. The summed E-state index contributed by atoms with van der Waals surface area (Å²) in [6.45, 7) is 0. The monoisotopic (exact) mass is 454 g/mol. The number of sulfonamides is 1. The molecule has 3 aromatic rings. The van der Waals surface area contributed by atoms with Crippen LogP contribution in [-0.2, 0) is 21.2 Å². The number of aliphatic hydroxyl groups excluding tert-OH is 1. The molecule has 0 saturated heterocycles. The summed E-state index contributed by atoms with van der Waals surface area (Å²) >= 11 is 0. The Labute approximate surface area is 185 Å². The zero-order valence-corrected chi connectivity index (χ0v) is 17.7. The fraction of sp³-hybridized carbons (Fsp3) is 0.130. The van der Waals surface area contributed by atoms with Crippen molar-refractivity contribution in [1.82, 2.24) is 5.32 Å². The van der Waals surface area contributed by atoms with Gasteiger partial charge in [-0.25, -0.2) is 18.4 Å². The summed E-state index contributed by atoms with van der Waals surface area (Å²) in [5, 5.41) is 27.1. The third-order valence-corrected chi connectivity index (χ3v) is 5.78. The molecule has 3 aromatic carbocycles. The Morgan fingerprint density at radius 3 is 2.16 bits per heavy atom. The molecule has 1 amide bonds. The fourth-order valence-corrected chi connectivity index (χ4v) is 3.79. The summed E-state index contributed by atoms with van der Waals surface area (Å²) in [5.41, 5.74) is 2.09. The largest absolute Gasteiger partial charge is 0.479 e. The van der Waals surface area contributed by atoms with Gasteiger partial charge in [-0.1, -0.05) is 54.6 Å². The molecule has 0 spiro atoms. The van der Waals surface area contributed by atoms with E-state index in [-0.39, 0.29) is 16.9 Å². The number of hydrogen-bond donors (Lipinski definition) is 4. The number of primary sulfonamides is 1. The lowest BCUT2D eigenvalue weighted by molar-refractivity contribution is -0.148. The molecule has 0 aliphatic heterocycles. The molecule has 0 aliphatic rings. The third-order valence-electron chi connectivity index (χ3n) is 4.87. The molecule has 0 saturated carbocycles. The summed E-state index contributed by atoms with van der Waals surface area (Å²) in [6, 6.07) is 20.2. The van der Waals surface area contributed by atoms with Gasteiger partial charge < -0.3 is 15.5 Å². The highest BCUT2D eigenvalue weighted by molar-refractivity contribution is 7.89. The van der Waals surface area contributed by atoms with Gasteiger partial charge in [0.25, 0.3) is 5.91 Å². The lowest BCUT2D eigenvalue weighted by atomic mass is 9.99. The van der Waals surface area contributed by atoms with E-state index in [2.05, 4.69) is 5.32 Å². The van der Waals surface area contributed by atoms with E-state index in [1.165, 1.54) is 18.2 Å². The maximum Gasteiger partial charge on any atom is 0.334 e. The number of carbonyl (C=O) groups excluding carboxylic acids is 1. The smallest absolute Gasteiger partial charge is 0.334 e. The number of benzene rings is 3. The lowest BCUT2D eigenvalue weighted by Gasteiger charge is -2.22. The van der Waals surface area contributed by atoms with Gasteiger partial charge in [0.2, 0.25) is 10.0 Å². The van der Waals surface area contributed by atoms with E-state index in [1.807, 2.05) is 0 Å². The topological polar surface area (TPSA) is 147 Å². The highest BCUT2D eigenvalue weighted by Gasteiger charge is 2.28. The van der Waals surface area contributed by atoms with Crippen LogP contribution < -0.4 is 10.5 Å². The van der Waals surface area contributed by atoms with Gasteiger partial charge in [-0.3, -0.25) is 4.79 Å². The Hall–Kier alpha value is -3.53. The maximum atomic E-state index is 12.9.